The quantitative estimate of drug-likeness (QED) is 0.279. The molecule has 0 spiro atoms. The van der Waals surface area contributed by atoms with Crippen molar-refractivity contribution in [2.24, 2.45) is 0 Å². The molecule has 3 heterocycles. The highest BCUT2D eigenvalue weighted by molar-refractivity contribution is 7.80. The van der Waals surface area contributed by atoms with Gasteiger partial charge in [0.2, 0.25) is 5.91 Å². The largest absolute Gasteiger partial charge is 0.497 e. The van der Waals surface area contributed by atoms with Gasteiger partial charge in [-0.2, -0.15) is 0 Å². The molecule has 0 saturated carbocycles. The molecule has 2 N–H and O–H groups in total. The summed E-state index contributed by atoms with van der Waals surface area (Å²) in [5, 5.41) is 6.93. The molecule has 2 atom stereocenters. The number of amides is 1. The number of rotatable bonds is 9. The van der Waals surface area contributed by atoms with Gasteiger partial charge >= 0.3 is 0 Å². The normalized spacial score (nSPS) is 16.5. The molecule has 1 amide bonds. The Morgan fingerprint density at radius 2 is 1.77 bits per heavy atom. The average Bonchev–Trinajstić information content (AvgIpc) is 3.52. The van der Waals surface area contributed by atoms with E-state index in [1.807, 2.05) is 60.7 Å². The number of anilines is 2. The number of aryl methyl sites for hydroxylation is 1. The van der Waals surface area contributed by atoms with Crippen LogP contribution in [0.2, 0.25) is 0 Å². The molecule has 1 aliphatic heterocycles. The van der Waals surface area contributed by atoms with Crippen LogP contribution in [0, 0.1) is 6.92 Å². The smallest absolute Gasteiger partial charge is 0.250 e. The Bertz CT molecular complexity index is 1510. The lowest BCUT2D eigenvalue weighted by molar-refractivity contribution is -0.119. The molecule has 0 radical (unpaired) electrons. The minimum Gasteiger partial charge on any atom is -0.497 e. The van der Waals surface area contributed by atoms with Gasteiger partial charge in [-0.05, 0) is 85.9 Å². The molecule has 1 saturated heterocycles. The van der Waals surface area contributed by atoms with Crippen LogP contribution in [-0.2, 0) is 9.53 Å². The number of nitrogens with zero attached hydrogens (tertiary/aromatic N) is 3. The second-order valence-electron chi connectivity index (χ2n) is 9.30. The summed E-state index contributed by atoms with van der Waals surface area (Å²) in [7, 11) is 4.69. The van der Waals surface area contributed by atoms with Crippen molar-refractivity contribution >= 4 is 34.6 Å². The van der Waals surface area contributed by atoms with Gasteiger partial charge in [0, 0.05) is 36.1 Å². The van der Waals surface area contributed by atoms with Crippen LogP contribution >= 0.6 is 12.2 Å². The van der Waals surface area contributed by atoms with Gasteiger partial charge in [-0.25, -0.2) is 0 Å². The third kappa shape index (κ3) is 5.23. The molecule has 1 aliphatic rings. The molecule has 0 aliphatic carbocycles. The summed E-state index contributed by atoms with van der Waals surface area (Å²) in [6.45, 7) is 2.00. The maximum Gasteiger partial charge on any atom is 0.250 e. The molecule has 0 bridgehead atoms. The van der Waals surface area contributed by atoms with E-state index in [1.165, 1.54) is 7.11 Å². The number of hydrogen-bond donors (Lipinski definition) is 2. The maximum absolute atomic E-state index is 12.4. The van der Waals surface area contributed by atoms with E-state index in [4.69, 9.17) is 26.4 Å². The van der Waals surface area contributed by atoms with Gasteiger partial charge < -0.3 is 34.3 Å². The van der Waals surface area contributed by atoms with E-state index in [9.17, 15) is 4.79 Å². The van der Waals surface area contributed by atoms with Crippen LogP contribution in [0.25, 0.3) is 5.69 Å². The molecule has 4 aromatic rings. The molecule has 5 rings (SSSR count). The average molecular weight is 558 g/mol. The first-order valence-electron chi connectivity index (χ1n) is 12.7. The van der Waals surface area contributed by atoms with Crippen molar-refractivity contribution in [1.29, 1.82) is 0 Å². The zero-order chi connectivity index (χ0) is 28.2. The Balaban J connectivity index is 1.65. The lowest BCUT2D eigenvalue weighted by Crippen LogP contribution is -2.30. The highest BCUT2D eigenvalue weighted by atomic mass is 32.1. The predicted molar refractivity (Wildman–Crippen MR) is 158 cm³/mol. The van der Waals surface area contributed by atoms with E-state index in [1.54, 1.807) is 20.4 Å². The Hall–Kier alpha value is -4.41. The van der Waals surface area contributed by atoms with Gasteiger partial charge in [0.15, 0.2) is 5.11 Å². The number of hydrogen-bond acceptors (Lipinski definition) is 6. The lowest BCUT2D eigenvalue weighted by atomic mass is 10.0. The van der Waals surface area contributed by atoms with Crippen LogP contribution in [0.15, 0.2) is 79.0 Å². The topological polar surface area (TPSA) is 89.9 Å². The van der Waals surface area contributed by atoms with E-state index in [0.29, 0.717) is 16.5 Å². The number of methoxy groups -OCH3 is 3. The van der Waals surface area contributed by atoms with Gasteiger partial charge in [-0.15, -0.1) is 0 Å². The molecular weight excluding hydrogens is 526 g/mol. The van der Waals surface area contributed by atoms with Crippen molar-refractivity contribution in [1.82, 2.24) is 14.9 Å². The van der Waals surface area contributed by atoms with Gasteiger partial charge in [0.05, 0.1) is 31.6 Å². The zero-order valence-electron chi connectivity index (χ0n) is 22.8. The first-order chi connectivity index (χ1) is 19.4. The molecular formula is C30H31N5O4S. The van der Waals surface area contributed by atoms with Gasteiger partial charge in [-0.1, -0.05) is 6.07 Å². The summed E-state index contributed by atoms with van der Waals surface area (Å²) in [6, 6.07) is 23.1. The maximum atomic E-state index is 12.4. The highest BCUT2D eigenvalue weighted by Crippen LogP contribution is 2.44. The summed E-state index contributed by atoms with van der Waals surface area (Å²) in [5.74, 6) is 1.03. The second-order valence-corrected chi connectivity index (χ2v) is 9.68. The number of carbonyl (C=O) groups is 1. The molecule has 9 nitrogen and oxygen atoms in total. The van der Waals surface area contributed by atoms with E-state index in [0.717, 1.165) is 34.2 Å². The van der Waals surface area contributed by atoms with Crippen molar-refractivity contribution in [3.05, 3.63) is 96.1 Å². The first-order valence-corrected chi connectivity index (χ1v) is 13.2. The van der Waals surface area contributed by atoms with Gasteiger partial charge in [0.1, 0.15) is 24.1 Å². The van der Waals surface area contributed by atoms with Crippen LogP contribution < -0.4 is 25.0 Å². The number of nitrogens with one attached hydrogen (secondary N) is 2. The number of pyridine rings is 1. The molecule has 2 aromatic heterocycles. The number of benzene rings is 2. The van der Waals surface area contributed by atoms with E-state index in [2.05, 4.69) is 44.1 Å². The van der Waals surface area contributed by atoms with Crippen LogP contribution in [0.3, 0.4) is 0 Å². The van der Waals surface area contributed by atoms with Crippen molar-refractivity contribution in [3.63, 3.8) is 0 Å². The lowest BCUT2D eigenvalue weighted by Gasteiger charge is -2.30. The fraction of sp³-hybridized carbons (Fsp3) is 0.233. The Labute approximate surface area is 238 Å². The number of carbonyl (C=O) groups excluding carboxylic acids is 1. The summed E-state index contributed by atoms with van der Waals surface area (Å²) < 4.78 is 18.1. The summed E-state index contributed by atoms with van der Waals surface area (Å²) in [4.78, 5) is 19.1. The molecule has 1 fully saturated rings. The monoisotopic (exact) mass is 557 g/mol. The van der Waals surface area contributed by atoms with Crippen LogP contribution in [-0.4, -0.2) is 48.5 Å². The molecule has 2 aromatic carbocycles. The van der Waals surface area contributed by atoms with E-state index < -0.39 is 0 Å². The molecule has 10 heteroatoms. The third-order valence-electron chi connectivity index (χ3n) is 6.85. The van der Waals surface area contributed by atoms with Crippen molar-refractivity contribution in [3.8, 4) is 17.2 Å². The predicted octanol–water partition coefficient (Wildman–Crippen LogP) is 4.96. The zero-order valence-corrected chi connectivity index (χ0v) is 23.6. The number of aromatic nitrogens is 2. The number of ether oxygens (including phenoxy) is 3. The van der Waals surface area contributed by atoms with Crippen LogP contribution in [0.1, 0.15) is 29.2 Å². The van der Waals surface area contributed by atoms with Crippen molar-refractivity contribution < 1.29 is 19.0 Å². The summed E-state index contributed by atoms with van der Waals surface area (Å²) >= 11 is 5.93. The van der Waals surface area contributed by atoms with Gasteiger partial charge in [0.25, 0.3) is 0 Å². The Morgan fingerprint density at radius 3 is 2.45 bits per heavy atom. The third-order valence-corrected chi connectivity index (χ3v) is 7.16. The van der Waals surface area contributed by atoms with Crippen molar-refractivity contribution in [2.45, 2.75) is 19.0 Å². The summed E-state index contributed by atoms with van der Waals surface area (Å²) in [6.07, 6.45) is 1.78. The van der Waals surface area contributed by atoms with Crippen LogP contribution in [0.4, 0.5) is 11.4 Å². The second kappa shape index (κ2) is 11.8. The van der Waals surface area contributed by atoms with Gasteiger partial charge in [-0.3, -0.25) is 9.78 Å². The first kappa shape index (κ1) is 27.2. The number of thiocarbonyl (C=S) groups is 1. The fourth-order valence-corrected chi connectivity index (χ4v) is 5.41. The minimum atomic E-state index is -0.285. The van der Waals surface area contributed by atoms with Crippen molar-refractivity contribution in [2.75, 3.05) is 38.2 Å². The molecule has 206 valence electrons. The highest BCUT2D eigenvalue weighted by Gasteiger charge is 2.42. The summed E-state index contributed by atoms with van der Waals surface area (Å²) in [5.41, 5.74) is 5.25. The SMILES string of the molecule is COCC(=O)Nc1cc(N2C(=S)NC(c3ccccn3)C2c2ccc(C)n2-c2ccc(OC)cc2)ccc1OC. The molecule has 2 unspecified atom stereocenters. The van der Waals surface area contributed by atoms with E-state index >= 15 is 0 Å². The minimum absolute atomic E-state index is 0.0733. The fourth-order valence-electron chi connectivity index (χ4n) is 5.07. The standard InChI is InChI=1S/C30H31N5O4S/c1-19-8-14-25(34(19)20-9-12-22(38-3)13-10-20)29-28(23-7-5-6-16-31-23)33-30(40)35(29)21-11-15-26(39-4)24(17-21)32-27(36)18-37-2/h5-17,28-29H,18H2,1-4H3,(H,32,36)(H,33,40). The van der Waals surface area contributed by atoms with E-state index in [-0.39, 0.29) is 24.6 Å². The molecule has 40 heavy (non-hydrogen) atoms. The Morgan fingerprint density at radius 1 is 1.00 bits per heavy atom. The Kier molecular flexibility index (Phi) is 7.99. The van der Waals surface area contributed by atoms with Crippen LogP contribution in [0.5, 0.6) is 11.5 Å².